The third kappa shape index (κ3) is 7.33. The molecular weight excluding hydrogens is 210 g/mol. The summed E-state index contributed by atoms with van der Waals surface area (Å²) in [5.74, 6) is 0.574. The van der Waals surface area contributed by atoms with Crippen LogP contribution in [0.2, 0.25) is 0 Å². The van der Waals surface area contributed by atoms with Gasteiger partial charge in [0.1, 0.15) is 0 Å². The molecule has 0 rings (SSSR count). The van der Waals surface area contributed by atoms with Crippen LogP contribution in [-0.2, 0) is 18.9 Å². The minimum absolute atomic E-state index is 0.574. The van der Waals surface area contributed by atoms with Crippen LogP contribution in [0.4, 0.5) is 0 Å². The summed E-state index contributed by atoms with van der Waals surface area (Å²) in [6.45, 7) is 4.18. The summed E-state index contributed by atoms with van der Waals surface area (Å²) in [7, 11) is 11.2. The Bertz CT molecular complexity index is 73.8. The van der Waals surface area contributed by atoms with Gasteiger partial charge in [0.15, 0.2) is 0 Å². The van der Waals surface area contributed by atoms with E-state index in [1.807, 2.05) is 0 Å². The van der Waals surface area contributed by atoms with Crippen molar-refractivity contribution in [1.29, 1.82) is 0 Å². The molecule has 0 fully saturated rings. The van der Waals surface area contributed by atoms with Crippen LogP contribution in [0, 0.1) is 5.92 Å². The first-order valence-corrected chi connectivity index (χ1v) is 9.90. The summed E-state index contributed by atoms with van der Waals surface area (Å²) in [6.07, 6.45) is 0. The second-order valence-electron chi connectivity index (χ2n) is 1.70. The molecule has 0 saturated carbocycles. The molecular formula is C4H8Cl2Zr. The number of hydrogen-bond donors (Lipinski definition) is 0. The maximum absolute atomic E-state index is 5.58. The Kier molecular flexibility index (Phi) is 5.04. The van der Waals surface area contributed by atoms with Gasteiger partial charge in [-0.1, -0.05) is 0 Å². The first-order valence-electron chi connectivity index (χ1n) is 2.15. The molecule has 0 radical (unpaired) electrons. The van der Waals surface area contributed by atoms with Crippen LogP contribution in [0.3, 0.4) is 0 Å². The normalized spacial score (nSPS) is 9.29. The third-order valence-corrected chi connectivity index (χ3v) is 4.21. The predicted molar refractivity (Wildman–Crippen MR) is 32.6 cm³/mol. The first kappa shape index (κ1) is 8.33. The van der Waals surface area contributed by atoms with Crippen LogP contribution < -0.4 is 0 Å². The second-order valence-corrected chi connectivity index (χ2v) is 9.91. The molecule has 0 aliphatic rings. The van der Waals surface area contributed by atoms with E-state index in [0.717, 1.165) is 0 Å². The van der Waals surface area contributed by atoms with Crippen molar-refractivity contribution < 1.29 is 18.9 Å². The van der Waals surface area contributed by atoms with E-state index in [1.54, 1.807) is 0 Å². The summed E-state index contributed by atoms with van der Waals surface area (Å²) in [6, 6.07) is 0. The summed E-state index contributed by atoms with van der Waals surface area (Å²) in [4.78, 5) is 0. The standard InChI is InChI=1S/C4H8.2ClH.Zr/c1-4(2)3;;;/h1,4H,2-3H3;2*1H;/q;;;+2/p-2. The topological polar surface area (TPSA) is 0 Å². The number of halogens is 2. The second kappa shape index (κ2) is 4.24. The van der Waals surface area contributed by atoms with Crippen LogP contribution in [0.1, 0.15) is 13.8 Å². The zero-order valence-corrected chi connectivity index (χ0v) is 8.38. The fourth-order valence-corrected chi connectivity index (χ4v) is 4.47. The molecule has 42 valence electrons. The van der Waals surface area contributed by atoms with Crippen LogP contribution in [0.25, 0.3) is 0 Å². The van der Waals surface area contributed by atoms with Gasteiger partial charge in [-0.25, -0.2) is 0 Å². The Morgan fingerprint density at radius 1 is 1.43 bits per heavy atom. The molecule has 0 saturated heterocycles. The fourth-order valence-electron chi connectivity index (χ4n) is 0.252. The fraction of sp³-hybridized carbons (Fsp3) is 0.750. The van der Waals surface area contributed by atoms with Gasteiger partial charge < -0.3 is 0 Å². The van der Waals surface area contributed by atoms with Gasteiger partial charge in [0, 0.05) is 0 Å². The van der Waals surface area contributed by atoms with Gasteiger partial charge in [0.2, 0.25) is 0 Å². The summed E-state index contributed by atoms with van der Waals surface area (Å²) in [5, 5.41) is 0. The third-order valence-electron chi connectivity index (χ3n) is 0.459. The van der Waals surface area contributed by atoms with Crippen LogP contribution >= 0.6 is 17.0 Å². The quantitative estimate of drug-likeness (QED) is 0.634. The average molecular weight is 218 g/mol. The molecule has 0 atom stereocenters. The van der Waals surface area contributed by atoms with Crippen molar-refractivity contribution in [3.63, 3.8) is 0 Å². The van der Waals surface area contributed by atoms with Gasteiger partial charge in [0.25, 0.3) is 0 Å². The van der Waals surface area contributed by atoms with Crippen molar-refractivity contribution >= 4 is 20.7 Å². The Morgan fingerprint density at radius 3 is 1.86 bits per heavy atom. The molecule has 0 heterocycles. The van der Waals surface area contributed by atoms with E-state index in [1.165, 1.54) is 0 Å². The van der Waals surface area contributed by atoms with Gasteiger partial charge >= 0.3 is 59.4 Å². The van der Waals surface area contributed by atoms with Crippen molar-refractivity contribution in [3.05, 3.63) is 0 Å². The SMILES string of the molecule is CC(C)[CH]=[Zr]([Cl])[Cl]. The van der Waals surface area contributed by atoms with E-state index < -0.39 is 18.9 Å². The predicted octanol–water partition coefficient (Wildman–Crippen LogP) is 2.37. The minimum atomic E-state index is -1.87. The molecule has 0 amide bonds. The van der Waals surface area contributed by atoms with E-state index in [2.05, 4.69) is 17.6 Å². The number of hydrogen-bond acceptors (Lipinski definition) is 0. The Labute approximate surface area is 59.1 Å². The summed E-state index contributed by atoms with van der Waals surface area (Å²) < 4.78 is 2.06. The Balaban J connectivity index is 3.45. The van der Waals surface area contributed by atoms with Gasteiger partial charge in [-0.15, -0.1) is 0 Å². The zero-order chi connectivity index (χ0) is 5.86. The summed E-state index contributed by atoms with van der Waals surface area (Å²) >= 11 is -1.87. The molecule has 0 nitrogen and oxygen atoms in total. The van der Waals surface area contributed by atoms with Gasteiger partial charge in [0.05, 0.1) is 0 Å². The zero-order valence-electron chi connectivity index (χ0n) is 4.41. The molecule has 0 unspecified atom stereocenters. The molecule has 3 heteroatoms. The average Bonchev–Trinajstić information content (AvgIpc) is 1.27. The maximum atomic E-state index is 5.58. The van der Waals surface area contributed by atoms with Crippen molar-refractivity contribution in [1.82, 2.24) is 0 Å². The molecule has 7 heavy (non-hydrogen) atoms. The summed E-state index contributed by atoms with van der Waals surface area (Å²) in [5.41, 5.74) is 0. The first-order chi connectivity index (χ1) is 3.13. The molecule has 0 N–H and O–H groups in total. The molecule has 0 bridgehead atoms. The van der Waals surface area contributed by atoms with Crippen molar-refractivity contribution in [3.8, 4) is 0 Å². The van der Waals surface area contributed by atoms with Crippen molar-refractivity contribution in [2.45, 2.75) is 13.8 Å². The van der Waals surface area contributed by atoms with E-state index in [4.69, 9.17) is 17.0 Å². The van der Waals surface area contributed by atoms with Crippen molar-refractivity contribution in [2.24, 2.45) is 5.92 Å². The van der Waals surface area contributed by atoms with Gasteiger partial charge in [-0.3, -0.25) is 0 Å². The van der Waals surface area contributed by atoms with Gasteiger partial charge in [-0.05, 0) is 0 Å². The van der Waals surface area contributed by atoms with Crippen LogP contribution in [0.15, 0.2) is 0 Å². The molecule has 0 spiro atoms. The van der Waals surface area contributed by atoms with E-state index in [9.17, 15) is 0 Å². The molecule has 0 aliphatic carbocycles. The monoisotopic (exact) mass is 216 g/mol. The Hall–Kier alpha value is 1.33. The van der Waals surface area contributed by atoms with Gasteiger partial charge in [-0.2, -0.15) is 0 Å². The molecule has 0 aromatic carbocycles. The van der Waals surface area contributed by atoms with E-state index in [-0.39, 0.29) is 0 Å². The van der Waals surface area contributed by atoms with E-state index in [0.29, 0.717) is 5.92 Å². The molecule has 0 aromatic heterocycles. The van der Waals surface area contributed by atoms with Crippen LogP contribution in [-0.4, -0.2) is 3.71 Å². The Morgan fingerprint density at radius 2 is 1.86 bits per heavy atom. The molecule has 0 aliphatic heterocycles. The van der Waals surface area contributed by atoms with Crippen molar-refractivity contribution in [2.75, 3.05) is 0 Å². The molecule has 0 aromatic rings. The van der Waals surface area contributed by atoms with Crippen LogP contribution in [0.5, 0.6) is 0 Å². The number of rotatable bonds is 1. The van der Waals surface area contributed by atoms with E-state index >= 15 is 0 Å².